The Morgan fingerprint density at radius 1 is 1.17 bits per heavy atom. The molecule has 2 aromatic carbocycles. The second-order valence-corrected chi connectivity index (χ2v) is 5.47. The Hall–Kier alpha value is -2.62. The Morgan fingerprint density at radius 3 is 2.43 bits per heavy atom. The maximum atomic E-state index is 13.5. The van der Waals surface area contributed by atoms with E-state index < -0.39 is 5.82 Å². The van der Waals surface area contributed by atoms with Gasteiger partial charge in [0, 0.05) is 29.6 Å². The molecule has 0 radical (unpaired) electrons. The summed E-state index contributed by atoms with van der Waals surface area (Å²) in [5, 5.41) is 2.87. The number of allylic oxidation sites excluding steroid dienone is 1. The molecule has 0 unspecified atom stereocenters. The van der Waals surface area contributed by atoms with Gasteiger partial charge in [0.15, 0.2) is 17.3 Å². The van der Waals surface area contributed by atoms with Gasteiger partial charge in [0.05, 0.1) is 7.11 Å². The van der Waals surface area contributed by atoms with E-state index in [9.17, 15) is 9.18 Å². The highest BCUT2D eigenvalue weighted by molar-refractivity contribution is 6.04. The van der Waals surface area contributed by atoms with Crippen LogP contribution >= 0.6 is 0 Å². The molecule has 0 fully saturated rings. The summed E-state index contributed by atoms with van der Waals surface area (Å²) in [6, 6.07) is 12.1. The molecule has 4 heteroatoms. The van der Waals surface area contributed by atoms with E-state index in [0.29, 0.717) is 17.2 Å². The number of ether oxygens (including phenoxy) is 1. The van der Waals surface area contributed by atoms with Crippen molar-refractivity contribution in [3.05, 3.63) is 71.7 Å². The van der Waals surface area contributed by atoms with Crippen LogP contribution in [-0.2, 0) is 0 Å². The SMILES string of the molecule is COc1ccc(N/C=C/C(=O)c2ccc(C(C)C)cc2)cc1F. The Labute approximate surface area is 135 Å². The molecule has 3 nitrogen and oxygen atoms in total. The molecule has 120 valence electrons. The van der Waals surface area contributed by atoms with E-state index in [4.69, 9.17) is 4.74 Å². The number of anilines is 1. The lowest BCUT2D eigenvalue weighted by molar-refractivity contribution is 0.104. The Kier molecular flexibility index (Phi) is 5.52. The first-order valence-electron chi connectivity index (χ1n) is 7.42. The highest BCUT2D eigenvalue weighted by Gasteiger charge is 2.04. The minimum absolute atomic E-state index is 0.109. The minimum Gasteiger partial charge on any atom is -0.494 e. The molecule has 2 rings (SSSR count). The first kappa shape index (κ1) is 16.7. The van der Waals surface area contributed by atoms with Gasteiger partial charge in [0.2, 0.25) is 0 Å². The third-order valence-electron chi connectivity index (χ3n) is 3.50. The molecule has 0 heterocycles. The standard InChI is InChI=1S/C19H20FNO2/c1-13(2)14-4-6-15(7-5-14)18(22)10-11-21-16-8-9-19(23-3)17(20)12-16/h4-13,21H,1-3H3/b11-10+. The third-order valence-corrected chi connectivity index (χ3v) is 3.50. The molecule has 2 aromatic rings. The molecule has 0 aromatic heterocycles. The average Bonchev–Trinajstić information content (AvgIpc) is 2.55. The number of halogens is 1. The molecule has 0 bridgehead atoms. The number of methoxy groups -OCH3 is 1. The average molecular weight is 313 g/mol. The lowest BCUT2D eigenvalue weighted by Crippen LogP contribution is -1.98. The smallest absolute Gasteiger partial charge is 0.187 e. The van der Waals surface area contributed by atoms with Gasteiger partial charge in [-0.2, -0.15) is 0 Å². The number of carbonyl (C=O) groups excluding carboxylic acids is 1. The van der Waals surface area contributed by atoms with Crippen molar-refractivity contribution in [2.45, 2.75) is 19.8 Å². The topological polar surface area (TPSA) is 38.3 Å². The van der Waals surface area contributed by atoms with Crippen molar-refractivity contribution in [2.75, 3.05) is 12.4 Å². The summed E-state index contributed by atoms with van der Waals surface area (Å²) >= 11 is 0. The Bertz CT molecular complexity index is 706. The maximum absolute atomic E-state index is 13.5. The van der Waals surface area contributed by atoms with Gasteiger partial charge < -0.3 is 10.1 Å². The van der Waals surface area contributed by atoms with Crippen LogP contribution in [0.2, 0.25) is 0 Å². The summed E-state index contributed by atoms with van der Waals surface area (Å²) in [7, 11) is 1.41. The number of carbonyl (C=O) groups is 1. The predicted octanol–water partition coefficient (Wildman–Crippen LogP) is 4.77. The summed E-state index contributed by atoms with van der Waals surface area (Å²) in [5.41, 5.74) is 2.35. The van der Waals surface area contributed by atoms with Crippen LogP contribution < -0.4 is 10.1 Å². The van der Waals surface area contributed by atoms with Crippen molar-refractivity contribution < 1.29 is 13.9 Å². The predicted molar refractivity (Wildman–Crippen MR) is 90.6 cm³/mol. The molecule has 0 saturated carbocycles. The van der Waals surface area contributed by atoms with Crippen molar-refractivity contribution in [2.24, 2.45) is 0 Å². The van der Waals surface area contributed by atoms with Crippen LogP contribution in [0.3, 0.4) is 0 Å². The molecule has 0 aliphatic heterocycles. The number of ketones is 1. The van der Waals surface area contributed by atoms with E-state index in [1.165, 1.54) is 37.1 Å². The van der Waals surface area contributed by atoms with Crippen molar-refractivity contribution in [1.82, 2.24) is 0 Å². The van der Waals surface area contributed by atoms with Crippen molar-refractivity contribution in [3.8, 4) is 5.75 Å². The first-order valence-corrected chi connectivity index (χ1v) is 7.42. The summed E-state index contributed by atoms with van der Waals surface area (Å²) in [6.45, 7) is 4.21. The summed E-state index contributed by atoms with van der Waals surface area (Å²) in [5.74, 6) is 0.0467. The lowest BCUT2D eigenvalue weighted by atomic mass is 10.0. The van der Waals surface area contributed by atoms with E-state index in [1.54, 1.807) is 6.07 Å². The summed E-state index contributed by atoms with van der Waals surface area (Å²) < 4.78 is 18.4. The van der Waals surface area contributed by atoms with E-state index in [-0.39, 0.29) is 11.5 Å². The van der Waals surface area contributed by atoms with Crippen LogP contribution in [0, 0.1) is 5.82 Å². The zero-order valence-corrected chi connectivity index (χ0v) is 13.5. The van der Waals surface area contributed by atoms with Crippen LogP contribution in [0.15, 0.2) is 54.7 Å². The maximum Gasteiger partial charge on any atom is 0.187 e. The van der Waals surface area contributed by atoms with Gasteiger partial charge in [-0.15, -0.1) is 0 Å². The third kappa shape index (κ3) is 4.42. The Morgan fingerprint density at radius 2 is 1.87 bits per heavy atom. The lowest BCUT2D eigenvalue weighted by Gasteiger charge is -2.06. The van der Waals surface area contributed by atoms with Crippen molar-refractivity contribution in [3.63, 3.8) is 0 Å². The fourth-order valence-corrected chi connectivity index (χ4v) is 2.10. The highest BCUT2D eigenvalue weighted by Crippen LogP contribution is 2.20. The fraction of sp³-hybridized carbons (Fsp3) is 0.211. The normalized spacial score (nSPS) is 11.0. The van der Waals surface area contributed by atoms with Crippen LogP contribution in [-0.4, -0.2) is 12.9 Å². The van der Waals surface area contributed by atoms with Gasteiger partial charge in [0.25, 0.3) is 0 Å². The second-order valence-electron chi connectivity index (χ2n) is 5.47. The van der Waals surface area contributed by atoms with Gasteiger partial charge in [-0.3, -0.25) is 4.79 Å². The number of nitrogens with one attached hydrogen (secondary N) is 1. The zero-order chi connectivity index (χ0) is 16.8. The fourth-order valence-electron chi connectivity index (χ4n) is 2.10. The molecule has 1 N–H and O–H groups in total. The second kappa shape index (κ2) is 7.58. The molecule has 0 amide bonds. The molecule has 23 heavy (non-hydrogen) atoms. The first-order chi connectivity index (χ1) is 11.0. The van der Waals surface area contributed by atoms with Gasteiger partial charge in [-0.05, 0) is 23.6 Å². The van der Waals surface area contributed by atoms with Crippen LogP contribution in [0.1, 0.15) is 35.7 Å². The summed E-state index contributed by atoms with van der Waals surface area (Å²) in [6.07, 6.45) is 2.92. The number of benzene rings is 2. The van der Waals surface area contributed by atoms with Gasteiger partial charge in [0.1, 0.15) is 0 Å². The minimum atomic E-state index is -0.457. The largest absolute Gasteiger partial charge is 0.494 e. The van der Waals surface area contributed by atoms with Crippen molar-refractivity contribution in [1.29, 1.82) is 0 Å². The summed E-state index contributed by atoms with van der Waals surface area (Å²) in [4.78, 5) is 12.1. The molecule has 0 spiro atoms. The Balaban J connectivity index is 1.99. The monoisotopic (exact) mass is 313 g/mol. The molecule has 0 aliphatic carbocycles. The van der Waals surface area contributed by atoms with Gasteiger partial charge >= 0.3 is 0 Å². The van der Waals surface area contributed by atoms with Crippen molar-refractivity contribution >= 4 is 11.5 Å². The van der Waals surface area contributed by atoms with E-state index in [0.717, 1.165) is 0 Å². The molecule has 0 aliphatic rings. The van der Waals surface area contributed by atoms with E-state index >= 15 is 0 Å². The molecular weight excluding hydrogens is 293 g/mol. The number of hydrogen-bond acceptors (Lipinski definition) is 3. The van der Waals surface area contributed by atoms with Crippen LogP contribution in [0.5, 0.6) is 5.75 Å². The van der Waals surface area contributed by atoms with Gasteiger partial charge in [-0.1, -0.05) is 38.1 Å². The van der Waals surface area contributed by atoms with E-state index in [1.807, 2.05) is 24.3 Å². The number of rotatable bonds is 6. The van der Waals surface area contributed by atoms with Crippen LogP contribution in [0.25, 0.3) is 0 Å². The molecule has 0 atom stereocenters. The van der Waals surface area contributed by atoms with E-state index in [2.05, 4.69) is 19.2 Å². The zero-order valence-electron chi connectivity index (χ0n) is 13.5. The quantitative estimate of drug-likeness (QED) is 0.617. The highest BCUT2D eigenvalue weighted by atomic mass is 19.1. The van der Waals surface area contributed by atoms with Crippen LogP contribution in [0.4, 0.5) is 10.1 Å². The molecular formula is C19H20FNO2. The van der Waals surface area contributed by atoms with Gasteiger partial charge in [-0.25, -0.2) is 4.39 Å². The number of hydrogen-bond donors (Lipinski definition) is 1. The molecule has 0 saturated heterocycles.